The van der Waals surface area contributed by atoms with E-state index in [0.29, 0.717) is 5.89 Å². The molecule has 0 amide bonds. The summed E-state index contributed by atoms with van der Waals surface area (Å²) in [5.41, 5.74) is 2.26. The summed E-state index contributed by atoms with van der Waals surface area (Å²) in [4.78, 5) is 6.77. The molecule has 0 bridgehead atoms. The van der Waals surface area contributed by atoms with Crippen LogP contribution in [0.2, 0.25) is 0 Å². The van der Waals surface area contributed by atoms with Crippen LogP contribution in [0.15, 0.2) is 28.8 Å². The van der Waals surface area contributed by atoms with Crippen molar-refractivity contribution in [1.29, 1.82) is 0 Å². The Morgan fingerprint density at radius 2 is 2.11 bits per heavy atom. The lowest BCUT2D eigenvalue weighted by Gasteiger charge is -2.17. The average molecular weight is 243 g/mol. The number of benzene rings is 1. The molecule has 0 unspecified atom stereocenters. The van der Waals surface area contributed by atoms with Gasteiger partial charge in [0.15, 0.2) is 5.82 Å². The maximum absolute atomic E-state index is 5.28. The zero-order valence-corrected chi connectivity index (χ0v) is 10.6. The normalized spacial score (nSPS) is 15.3. The lowest BCUT2D eigenvalue weighted by Crippen LogP contribution is -2.17. The largest absolute Gasteiger partial charge is 0.372 e. The molecular weight excluding hydrogens is 226 g/mol. The smallest absolute Gasteiger partial charge is 0.257 e. The lowest BCUT2D eigenvalue weighted by atomic mass is 10.2. The minimum atomic E-state index is 0.618. The molecule has 0 atom stereocenters. The van der Waals surface area contributed by atoms with E-state index in [2.05, 4.69) is 33.2 Å². The van der Waals surface area contributed by atoms with E-state index in [4.69, 9.17) is 4.52 Å². The van der Waals surface area contributed by atoms with E-state index in [9.17, 15) is 0 Å². The van der Waals surface area contributed by atoms with Crippen molar-refractivity contribution in [3.05, 3.63) is 30.1 Å². The first-order valence-corrected chi connectivity index (χ1v) is 6.55. The number of hydrogen-bond acceptors (Lipinski definition) is 4. The number of aryl methyl sites for hydroxylation is 1. The van der Waals surface area contributed by atoms with E-state index in [-0.39, 0.29) is 0 Å². The van der Waals surface area contributed by atoms with Crippen LogP contribution in [0.25, 0.3) is 11.5 Å². The fourth-order valence-corrected chi connectivity index (χ4v) is 2.33. The van der Waals surface area contributed by atoms with Crippen LogP contribution in [0.3, 0.4) is 0 Å². The van der Waals surface area contributed by atoms with Gasteiger partial charge in [0.1, 0.15) is 0 Å². The number of nitrogens with zero attached hydrogens (tertiary/aromatic N) is 3. The Hall–Kier alpha value is -1.84. The van der Waals surface area contributed by atoms with Crippen molar-refractivity contribution < 1.29 is 4.52 Å². The summed E-state index contributed by atoms with van der Waals surface area (Å²) in [7, 11) is 0. The zero-order chi connectivity index (χ0) is 12.4. The topological polar surface area (TPSA) is 42.2 Å². The fourth-order valence-electron chi connectivity index (χ4n) is 2.33. The molecule has 0 spiro atoms. The van der Waals surface area contributed by atoms with Crippen molar-refractivity contribution in [2.75, 3.05) is 18.0 Å². The monoisotopic (exact) mass is 243 g/mol. The van der Waals surface area contributed by atoms with E-state index in [1.165, 1.54) is 18.5 Å². The summed E-state index contributed by atoms with van der Waals surface area (Å²) in [6.45, 7) is 4.32. The molecule has 4 nitrogen and oxygen atoms in total. The molecule has 1 aliphatic rings. The Balaban J connectivity index is 1.90. The maximum atomic E-state index is 5.28. The first kappa shape index (κ1) is 11.3. The third-order valence-corrected chi connectivity index (χ3v) is 3.35. The van der Waals surface area contributed by atoms with E-state index in [1.54, 1.807) is 0 Å². The van der Waals surface area contributed by atoms with Gasteiger partial charge in [-0.05, 0) is 31.0 Å². The zero-order valence-electron chi connectivity index (χ0n) is 10.6. The van der Waals surface area contributed by atoms with Crippen molar-refractivity contribution >= 4 is 5.69 Å². The molecule has 18 heavy (non-hydrogen) atoms. The van der Waals surface area contributed by atoms with Gasteiger partial charge in [0.05, 0.1) is 0 Å². The van der Waals surface area contributed by atoms with Gasteiger partial charge in [-0.25, -0.2) is 0 Å². The Kier molecular flexibility index (Phi) is 3.00. The van der Waals surface area contributed by atoms with Crippen LogP contribution in [0, 0.1) is 0 Å². The van der Waals surface area contributed by atoms with Gasteiger partial charge in [-0.1, -0.05) is 18.1 Å². The first-order chi connectivity index (χ1) is 8.86. The number of rotatable bonds is 3. The highest BCUT2D eigenvalue weighted by Gasteiger charge is 2.14. The van der Waals surface area contributed by atoms with E-state index >= 15 is 0 Å². The second kappa shape index (κ2) is 4.80. The Bertz CT molecular complexity index is 529. The summed E-state index contributed by atoms with van der Waals surface area (Å²) in [6.07, 6.45) is 3.37. The molecule has 2 heterocycles. The molecule has 4 heteroatoms. The van der Waals surface area contributed by atoms with Gasteiger partial charge >= 0.3 is 0 Å². The van der Waals surface area contributed by atoms with E-state index < -0.39 is 0 Å². The molecule has 3 rings (SSSR count). The van der Waals surface area contributed by atoms with Gasteiger partial charge in [-0.2, -0.15) is 4.98 Å². The highest BCUT2D eigenvalue weighted by atomic mass is 16.5. The van der Waals surface area contributed by atoms with E-state index in [0.717, 1.165) is 30.9 Å². The van der Waals surface area contributed by atoms with Crippen molar-refractivity contribution in [3.8, 4) is 11.5 Å². The van der Waals surface area contributed by atoms with Crippen LogP contribution < -0.4 is 4.90 Å². The first-order valence-electron chi connectivity index (χ1n) is 6.55. The van der Waals surface area contributed by atoms with Crippen LogP contribution in [0.4, 0.5) is 5.69 Å². The third-order valence-electron chi connectivity index (χ3n) is 3.35. The third kappa shape index (κ3) is 2.10. The molecule has 0 saturated carbocycles. The molecule has 94 valence electrons. The second-order valence-corrected chi connectivity index (χ2v) is 4.61. The Morgan fingerprint density at radius 1 is 1.28 bits per heavy atom. The molecular formula is C14H17N3O. The predicted octanol–water partition coefficient (Wildman–Crippen LogP) is 2.90. The molecule has 1 aromatic carbocycles. The Morgan fingerprint density at radius 3 is 2.83 bits per heavy atom. The summed E-state index contributed by atoms with van der Waals surface area (Å²) in [6, 6.07) is 8.36. The minimum absolute atomic E-state index is 0.618. The number of anilines is 1. The molecule has 1 aromatic heterocycles. The molecule has 1 aliphatic heterocycles. The van der Waals surface area contributed by atoms with Gasteiger partial charge in [-0.15, -0.1) is 0 Å². The van der Waals surface area contributed by atoms with E-state index in [1.807, 2.05) is 13.0 Å². The molecule has 2 aromatic rings. The number of hydrogen-bond donors (Lipinski definition) is 0. The minimum Gasteiger partial charge on any atom is -0.372 e. The van der Waals surface area contributed by atoms with Gasteiger partial charge in [0.2, 0.25) is 0 Å². The van der Waals surface area contributed by atoms with Crippen molar-refractivity contribution in [2.24, 2.45) is 0 Å². The summed E-state index contributed by atoms with van der Waals surface area (Å²) in [5.74, 6) is 1.38. The van der Waals surface area contributed by atoms with Crippen LogP contribution in [-0.4, -0.2) is 23.2 Å². The van der Waals surface area contributed by atoms with Gasteiger partial charge in [0.25, 0.3) is 5.89 Å². The molecule has 1 saturated heterocycles. The van der Waals surface area contributed by atoms with Crippen molar-refractivity contribution in [1.82, 2.24) is 10.1 Å². The average Bonchev–Trinajstić information content (AvgIpc) is 3.10. The molecule has 0 N–H and O–H groups in total. The standard InChI is InChI=1S/C14H17N3O/c1-2-13-15-14(18-16-13)11-6-5-7-12(10-11)17-8-3-4-9-17/h5-7,10H,2-4,8-9H2,1H3. The summed E-state index contributed by atoms with van der Waals surface area (Å²) in [5, 5.41) is 3.94. The van der Waals surface area contributed by atoms with Gasteiger partial charge in [-0.3, -0.25) is 0 Å². The molecule has 0 radical (unpaired) electrons. The lowest BCUT2D eigenvalue weighted by molar-refractivity contribution is 0.423. The van der Waals surface area contributed by atoms with Crippen LogP contribution in [-0.2, 0) is 6.42 Å². The highest BCUT2D eigenvalue weighted by Crippen LogP contribution is 2.25. The fraction of sp³-hybridized carbons (Fsp3) is 0.429. The van der Waals surface area contributed by atoms with Gasteiger partial charge < -0.3 is 9.42 Å². The quantitative estimate of drug-likeness (QED) is 0.831. The Labute approximate surface area is 107 Å². The number of aromatic nitrogens is 2. The van der Waals surface area contributed by atoms with Crippen molar-refractivity contribution in [3.63, 3.8) is 0 Å². The molecule has 0 aliphatic carbocycles. The predicted molar refractivity (Wildman–Crippen MR) is 70.6 cm³/mol. The van der Waals surface area contributed by atoms with Crippen LogP contribution in [0.1, 0.15) is 25.6 Å². The van der Waals surface area contributed by atoms with Crippen LogP contribution in [0.5, 0.6) is 0 Å². The van der Waals surface area contributed by atoms with Crippen LogP contribution >= 0.6 is 0 Å². The molecule has 1 fully saturated rings. The summed E-state index contributed by atoms with van der Waals surface area (Å²) >= 11 is 0. The maximum Gasteiger partial charge on any atom is 0.257 e. The van der Waals surface area contributed by atoms with Gasteiger partial charge in [0, 0.05) is 30.8 Å². The second-order valence-electron chi connectivity index (χ2n) is 4.61. The van der Waals surface area contributed by atoms with Crippen molar-refractivity contribution in [2.45, 2.75) is 26.2 Å². The SMILES string of the molecule is CCc1noc(-c2cccc(N3CCCC3)c2)n1. The highest BCUT2D eigenvalue weighted by molar-refractivity contribution is 5.62. The summed E-state index contributed by atoms with van der Waals surface area (Å²) < 4.78 is 5.28.